The van der Waals surface area contributed by atoms with Crippen molar-refractivity contribution < 1.29 is 25.0 Å². The Kier molecular flexibility index (Phi) is 3.90. The third kappa shape index (κ3) is 2.39. The van der Waals surface area contributed by atoms with Gasteiger partial charge in [-0.1, -0.05) is 0 Å². The Morgan fingerprint density at radius 3 is 1.83 bits per heavy atom. The standard InChI is InChI=1S/C8H6OS2.Li.H/c1-3-10-5-7(1)9-8-2-4-11-6-8;;/h1-6H;;/q;+1;-1. The van der Waals surface area contributed by atoms with Gasteiger partial charge < -0.3 is 6.16 Å². The summed E-state index contributed by atoms with van der Waals surface area (Å²) in [5, 5.41) is 7.97. The third-order valence-electron chi connectivity index (χ3n) is 1.23. The zero-order chi connectivity index (χ0) is 7.52. The molecule has 1 nitrogen and oxygen atoms in total. The van der Waals surface area contributed by atoms with Crippen LogP contribution in [0, 0.1) is 0 Å². The molecule has 2 rings (SSSR count). The van der Waals surface area contributed by atoms with E-state index in [1.165, 1.54) is 0 Å². The van der Waals surface area contributed by atoms with Crippen LogP contribution < -0.4 is 23.6 Å². The van der Waals surface area contributed by atoms with Crippen molar-refractivity contribution in [3.63, 3.8) is 0 Å². The molecule has 0 atom stereocenters. The quantitative estimate of drug-likeness (QED) is 0.634. The van der Waals surface area contributed by atoms with Crippen LogP contribution in [0.1, 0.15) is 1.43 Å². The summed E-state index contributed by atoms with van der Waals surface area (Å²) >= 11 is 3.28. The Morgan fingerprint density at radius 1 is 1.00 bits per heavy atom. The molecule has 0 aromatic carbocycles. The molecule has 0 amide bonds. The maximum absolute atomic E-state index is 5.48. The molecule has 2 aromatic rings. The van der Waals surface area contributed by atoms with Gasteiger partial charge in [-0.05, 0) is 22.9 Å². The van der Waals surface area contributed by atoms with E-state index < -0.39 is 0 Å². The number of hydrogen-bond donors (Lipinski definition) is 0. The van der Waals surface area contributed by atoms with E-state index in [2.05, 4.69) is 0 Å². The van der Waals surface area contributed by atoms with Crippen LogP contribution in [0.5, 0.6) is 11.5 Å². The van der Waals surface area contributed by atoms with Gasteiger partial charge in [0.1, 0.15) is 11.5 Å². The molecule has 0 saturated carbocycles. The molecule has 2 heterocycles. The number of ether oxygens (including phenoxy) is 1. The molecule has 2 aromatic heterocycles. The first kappa shape index (κ1) is 9.88. The summed E-state index contributed by atoms with van der Waals surface area (Å²) in [4.78, 5) is 0. The molecule has 0 aliphatic carbocycles. The minimum Gasteiger partial charge on any atom is -1.00 e. The van der Waals surface area contributed by atoms with E-state index in [4.69, 9.17) is 4.74 Å². The van der Waals surface area contributed by atoms with E-state index in [1.807, 2.05) is 33.7 Å². The van der Waals surface area contributed by atoms with Crippen LogP contribution in [0.2, 0.25) is 0 Å². The van der Waals surface area contributed by atoms with E-state index in [9.17, 15) is 0 Å². The zero-order valence-electron chi connectivity index (χ0n) is 7.69. The topological polar surface area (TPSA) is 9.23 Å². The van der Waals surface area contributed by atoms with Crippen molar-refractivity contribution in [2.45, 2.75) is 0 Å². The number of rotatable bonds is 2. The maximum atomic E-state index is 5.48. The largest absolute Gasteiger partial charge is 1.00 e. The zero-order valence-corrected chi connectivity index (χ0v) is 8.32. The number of hydrogen-bond acceptors (Lipinski definition) is 3. The predicted molar refractivity (Wildman–Crippen MR) is 49.8 cm³/mol. The molecule has 4 heteroatoms. The Morgan fingerprint density at radius 2 is 1.50 bits per heavy atom. The molecule has 58 valence electrons. The predicted octanol–water partition coefficient (Wildman–Crippen LogP) is 0.718. The molecule has 0 aliphatic heterocycles. The van der Waals surface area contributed by atoms with Gasteiger partial charge in [-0.15, -0.1) is 22.7 Å². The van der Waals surface area contributed by atoms with E-state index in [1.54, 1.807) is 22.7 Å². The van der Waals surface area contributed by atoms with Crippen molar-refractivity contribution in [1.82, 2.24) is 0 Å². The summed E-state index contributed by atoms with van der Waals surface area (Å²) in [6.45, 7) is 0. The van der Waals surface area contributed by atoms with E-state index in [-0.39, 0.29) is 20.3 Å². The van der Waals surface area contributed by atoms with Crippen LogP contribution in [-0.2, 0) is 0 Å². The molecule has 0 fully saturated rings. The van der Waals surface area contributed by atoms with E-state index in [0.29, 0.717) is 0 Å². The Hall–Kier alpha value is -0.203. The van der Waals surface area contributed by atoms with Crippen molar-refractivity contribution in [1.29, 1.82) is 0 Å². The Labute approximate surface area is 92.7 Å². The Bertz CT molecular complexity index is 275. The van der Waals surface area contributed by atoms with Crippen LogP contribution in [0.4, 0.5) is 0 Å². The number of thiophene rings is 2. The van der Waals surface area contributed by atoms with Crippen molar-refractivity contribution in [2.75, 3.05) is 0 Å². The molecular weight excluding hydrogens is 183 g/mol. The molecule has 0 N–H and O–H groups in total. The monoisotopic (exact) mass is 190 g/mol. The summed E-state index contributed by atoms with van der Waals surface area (Å²) in [7, 11) is 0. The van der Waals surface area contributed by atoms with Gasteiger partial charge in [0.05, 0.1) is 0 Å². The van der Waals surface area contributed by atoms with Gasteiger partial charge in [0.15, 0.2) is 0 Å². The summed E-state index contributed by atoms with van der Waals surface area (Å²) in [6, 6.07) is 3.92. The molecular formula is C8H7LiOS2. The van der Waals surface area contributed by atoms with Gasteiger partial charge in [-0.3, -0.25) is 0 Å². The van der Waals surface area contributed by atoms with Crippen molar-refractivity contribution in [3.8, 4) is 11.5 Å². The molecule has 0 bridgehead atoms. The van der Waals surface area contributed by atoms with Gasteiger partial charge in [-0.25, -0.2) is 0 Å². The molecule has 0 aliphatic rings. The smallest absolute Gasteiger partial charge is 1.00 e. The second kappa shape index (κ2) is 4.73. The van der Waals surface area contributed by atoms with Gasteiger partial charge in [0, 0.05) is 10.8 Å². The fraction of sp³-hybridized carbons (Fsp3) is 0. The summed E-state index contributed by atoms with van der Waals surface area (Å²) in [6.07, 6.45) is 0. The minimum absolute atomic E-state index is 0. The second-order valence-electron chi connectivity index (χ2n) is 2.02. The first-order chi connectivity index (χ1) is 5.45. The van der Waals surface area contributed by atoms with E-state index >= 15 is 0 Å². The van der Waals surface area contributed by atoms with Crippen LogP contribution in [0.15, 0.2) is 33.7 Å². The van der Waals surface area contributed by atoms with Gasteiger partial charge in [-0.2, -0.15) is 0 Å². The normalized spacial score (nSPS) is 9.00. The average Bonchev–Trinajstić information content (AvgIpc) is 2.60. The van der Waals surface area contributed by atoms with Crippen molar-refractivity contribution in [3.05, 3.63) is 33.7 Å². The Balaban J connectivity index is 0.000000720. The minimum atomic E-state index is 0. The first-order valence-electron chi connectivity index (χ1n) is 3.17. The summed E-state index contributed by atoms with van der Waals surface area (Å²) < 4.78 is 5.48. The van der Waals surface area contributed by atoms with Crippen molar-refractivity contribution in [2.24, 2.45) is 0 Å². The van der Waals surface area contributed by atoms with Crippen LogP contribution in [0.25, 0.3) is 0 Å². The summed E-state index contributed by atoms with van der Waals surface area (Å²) in [5.41, 5.74) is 0. The van der Waals surface area contributed by atoms with E-state index in [0.717, 1.165) is 11.5 Å². The summed E-state index contributed by atoms with van der Waals surface area (Å²) in [5.74, 6) is 1.85. The van der Waals surface area contributed by atoms with Gasteiger partial charge in [0.2, 0.25) is 0 Å². The van der Waals surface area contributed by atoms with Crippen molar-refractivity contribution >= 4 is 22.7 Å². The van der Waals surface area contributed by atoms with Gasteiger partial charge >= 0.3 is 18.9 Å². The SMILES string of the molecule is [H-].[Li+].c1cc(Oc2ccsc2)cs1. The fourth-order valence-corrected chi connectivity index (χ4v) is 1.86. The first-order valence-corrected chi connectivity index (χ1v) is 5.06. The molecule has 0 radical (unpaired) electrons. The second-order valence-corrected chi connectivity index (χ2v) is 3.58. The molecule has 0 unspecified atom stereocenters. The van der Waals surface area contributed by atoms with Gasteiger partial charge in [0.25, 0.3) is 0 Å². The van der Waals surface area contributed by atoms with Crippen LogP contribution in [-0.4, -0.2) is 0 Å². The third-order valence-corrected chi connectivity index (χ3v) is 2.55. The maximum Gasteiger partial charge on any atom is 1.00 e. The molecule has 0 saturated heterocycles. The molecule has 0 spiro atoms. The van der Waals surface area contributed by atoms with Crippen LogP contribution >= 0.6 is 22.7 Å². The fourth-order valence-electron chi connectivity index (χ4n) is 0.756. The average molecular weight is 190 g/mol. The van der Waals surface area contributed by atoms with Crippen LogP contribution in [0.3, 0.4) is 0 Å². The molecule has 12 heavy (non-hydrogen) atoms.